The Hall–Kier alpha value is -3.57. The molecule has 3 aromatic rings. The average Bonchev–Trinajstić information content (AvgIpc) is 2.88. The van der Waals surface area contributed by atoms with Crippen LogP contribution in [0.3, 0.4) is 0 Å². The Morgan fingerprint density at radius 3 is 2.42 bits per heavy atom. The van der Waals surface area contributed by atoms with Gasteiger partial charge in [-0.1, -0.05) is 60.7 Å². The second-order valence-electron chi connectivity index (χ2n) is 8.10. The van der Waals surface area contributed by atoms with Crippen LogP contribution in [0.25, 0.3) is 6.08 Å². The summed E-state index contributed by atoms with van der Waals surface area (Å²) in [6, 6.07) is 26.1. The van der Waals surface area contributed by atoms with E-state index in [1.807, 2.05) is 79.9 Å². The highest BCUT2D eigenvalue weighted by Gasteiger charge is 2.16. The summed E-state index contributed by atoms with van der Waals surface area (Å²) in [6.45, 7) is 4.32. The zero-order valence-corrected chi connectivity index (χ0v) is 19.0. The number of carbonyl (C=O) groups is 1. The monoisotopic (exact) mass is 442 g/mol. The van der Waals surface area contributed by atoms with Gasteiger partial charge in [0, 0.05) is 38.4 Å². The molecule has 0 aromatic heterocycles. The average molecular weight is 443 g/mol. The molecule has 5 nitrogen and oxygen atoms in total. The maximum absolute atomic E-state index is 12.7. The van der Waals surface area contributed by atoms with Crippen LogP contribution in [0.5, 0.6) is 5.75 Å². The van der Waals surface area contributed by atoms with E-state index in [0.717, 1.165) is 48.7 Å². The standard InChI is InChI=1S/C28H30N2O3/c1-29(21-25-9-5-6-10-27(25)30-17-19-32-20-18-30)28(31)16-13-23-11-14-26(15-12-23)33-22-24-7-3-2-4-8-24/h2-16H,17-22H2,1H3. The number of ether oxygens (including phenoxy) is 2. The Morgan fingerprint density at radius 1 is 0.970 bits per heavy atom. The molecular weight excluding hydrogens is 412 g/mol. The number of nitrogens with zero attached hydrogens (tertiary/aromatic N) is 2. The lowest BCUT2D eigenvalue weighted by molar-refractivity contribution is -0.125. The second-order valence-corrected chi connectivity index (χ2v) is 8.10. The summed E-state index contributed by atoms with van der Waals surface area (Å²) in [5.41, 5.74) is 4.40. The molecule has 0 bridgehead atoms. The molecule has 1 fully saturated rings. The van der Waals surface area contributed by atoms with Crippen LogP contribution < -0.4 is 9.64 Å². The van der Waals surface area contributed by atoms with Gasteiger partial charge in [-0.3, -0.25) is 4.79 Å². The Morgan fingerprint density at radius 2 is 1.67 bits per heavy atom. The van der Waals surface area contributed by atoms with Gasteiger partial charge >= 0.3 is 0 Å². The van der Waals surface area contributed by atoms with E-state index in [1.54, 1.807) is 11.0 Å². The van der Waals surface area contributed by atoms with E-state index in [4.69, 9.17) is 9.47 Å². The number of amides is 1. The van der Waals surface area contributed by atoms with Crippen molar-refractivity contribution < 1.29 is 14.3 Å². The predicted molar refractivity (Wildman–Crippen MR) is 132 cm³/mol. The lowest BCUT2D eigenvalue weighted by Gasteiger charge is -2.31. The minimum atomic E-state index is -0.0313. The Kier molecular flexibility index (Phi) is 7.77. The Balaban J connectivity index is 1.32. The first kappa shape index (κ1) is 22.6. The molecule has 170 valence electrons. The van der Waals surface area contributed by atoms with Crippen LogP contribution in [0.15, 0.2) is 84.9 Å². The van der Waals surface area contributed by atoms with Gasteiger partial charge in [-0.2, -0.15) is 0 Å². The Bertz CT molecular complexity index is 1060. The van der Waals surface area contributed by atoms with Crippen LogP contribution in [-0.2, 0) is 22.7 Å². The second kappa shape index (κ2) is 11.3. The van der Waals surface area contributed by atoms with Gasteiger partial charge in [-0.05, 0) is 41.0 Å². The maximum atomic E-state index is 12.7. The summed E-state index contributed by atoms with van der Waals surface area (Å²) >= 11 is 0. The minimum absolute atomic E-state index is 0.0313. The first-order valence-electron chi connectivity index (χ1n) is 11.3. The molecule has 3 aromatic carbocycles. The number of morpholine rings is 1. The normalized spacial score (nSPS) is 13.8. The fourth-order valence-electron chi connectivity index (χ4n) is 3.80. The number of likely N-dealkylation sites (N-methyl/N-ethyl adjacent to an activating group) is 1. The first-order chi connectivity index (χ1) is 16.2. The van der Waals surface area contributed by atoms with Crippen molar-refractivity contribution in [3.05, 3.63) is 102 Å². The summed E-state index contributed by atoms with van der Waals surface area (Å²) in [6.07, 6.45) is 3.46. The zero-order chi connectivity index (χ0) is 22.9. The van der Waals surface area contributed by atoms with Gasteiger partial charge in [-0.15, -0.1) is 0 Å². The molecule has 1 heterocycles. The van der Waals surface area contributed by atoms with E-state index < -0.39 is 0 Å². The Labute approximate surface area is 195 Å². The molecule has 0 unspecified atom stereocenters. The number of rotatable bonds is 8. The number of carbonyl (C=O) groups excluding carboxylic acids is 1. The van der Waals surface area contributed by atoms with Gasteiger partial charge < -0.3 is 19.3 Å². The largest absolute Gasteiger partial charge is 0.489 e. The van der Waals surface area contributed by atoms with Crippen LogP contribution in [0.4, 0.5) is 5.69 Å². The van der Waals surface area contributed by atoms with Crippen molar-refractivity contribution in [2.75, 3.05) is 38.3 Å². The number of benzene rings is 3. The number of para-hydroxylation sites is 1. The highest BCUT2D eigenvalue weighted by molar-refractivity contribution is 5.91. The highest BCUT2D eigenvalue weighted by atomic mass is 16.5. The number of anilines is 1. The topological polar surface area (TPSA) is 42.0 Å². The van der Waals surface area contributed by atoms with E-state index in [2.05, 4.69) is 17.0 Å². The van der Waals surface area contributed by atoms with Crippen molar-refractivity contribution in [1.29, 1.82) is 0 Å². The lowest BCUT2D eigenvalue weighted by Crippen LogP contribution is -2.37. The third kappa shape index (κ3) is 6.46. The van der Waals surface area contributed by atoms with Crippen molar-refractivity contribution in [3.63, 3.8) is 0 Å². The SMILES string of the molecule is CN(Cc1ccccc1N1CCOCC1)C(=O)C=Cc1ccc(OCc2ccccc2)cc1. The van der Waals surface area contributed by atoms with Crippen molar-refractivity contribution in [2.45, 2.75) is 13.2 Å². The van der Waals surface area contributed by atoms with Gasteiger partial charge in [-0.25, -0.2) is 0 Å². The molecule has 33 heavy (non-hydrogen) atoms. The van der Waals surface area contributed by atoms with E-state index in [9.17, 15) is 4.79 Å². The van der Waals surface area contributed by atoms with Gasteiger partial charge in [0.15, 0.2) is 0 Å². The molecule has 4 rings (SSSR count). The first-order valence-corrected chi connectivity index (χ1v) is 11.3. The van der Waals surface area contributed by atoms with Crippen molar-refractivity contribution >= 4 is 17.7 Å². The van der Waals surface area contributed by atoms with Crippen LogP contribution in [0, 0.1) is 0 Å². The van der Waals surface area contributed by atoms with Crippen molar-refractivity contribution in [3.8, 4) is 5.75 Å². The highest BCUT2D eigenvalue weighted by Crippen LogP contribution is 2.23. The summed E-state index contributed by atoms with van der Waals surface area (Å²) in [7, 11) is 1.84. The van der Waals surface area contributed by atoms with Gasteiger partial charge in [0.25, 0.3) is 0 Å². The van der Waals surface area contributed by atoms with Gasteiger partial charge in [0.1, 0.15) is 12.4 Å². The van der Waals surface area contributed by atoms with Crippen molar-refractivity contribution in [1.82, 2.24) is 4.90 Å². The summed E-state index contributed by atoms with van der Waals surface area (Å²) in [4.78, 5) is 16.8. The summed E-state index contributed by atoms with van der Waals surface area (Å²) < 4.78 is 11.3. The molecule has 0 spiro atoms. The predicted octanol–water partition coefficient (Wildman–Crippen LogP) is 4.77. The van der Waals surface area contributed by atoms with E-state index in [-0.39, 0.29) is 5.91 Å². The molecule has 1 aliphatic rings. The fraction of sp³-hybridized carbons (Fsp3) is 0.250. The van der Waals surface area contributed by atoms with E-state index in [0.29, 0.717) is 13.2 Å². The summed E-state index contributed by atoms with van der Waals surface area (Å²) in [5.74, 6) is 0.773. The molecule has 0 N–H and O–H groups in total. The smallest absolute Gasteiger partial charge is 0.246 e. The van der Waals surface area contributed by atoms with Crippen LogP contribution in [0.1, 0.15) is 16.7 Å². The third-order valence-electron chi connectivity index (χ3n) is 5.67. The molecule has 5 heteroatoms. The minimum Gasteiger partial charge on any atom is -0.489 e. The molecule has 0 atom stereocenters. The van der Waals surface area contributed by atoms with Crippen molar-refractivity contribution in [2.24, 2.45) is 0 Å². The van der Waals surface area contributed by atoms with Gasteiger partial charge in [0.2, 0.25) is 5.91 Å². The molecule has 0 aliphatic carbocycles. The van der Waals surface area contributed by atoms with Crippen LogP contribution in [-0.4, -0.2) is 44.2 Å². The molecule has 1 amide bonds. The van der Waals surface area contributed by atoms with E-state index >= 15 is 0 Å². The zero-order valence-electron chi connectivity index (χ0n) is 19.0. The maximum Gasteiger partial charge on any atom is 0.246 e. The fourth-order valence-corrected chi connectivity index (χ4v) is 3.80. The lowest BCUT2D eigenvalue weighted by atomic mass is 10.1. The number of hydrogen-bond donors (Lipinski definition) is 0. The van der Waals surface area contributed by atoms with Crippen LogP contribution in [0.2, 0.25) is 0 Å². The van der Waals surface area contributed by atoms with E-state index in [1.165, 1.54) is 5.69 Å². The quantitative estimate of drug-likeness (QED) is 0.471. The third-order valence-corrected chi connectivity index (χ3v) is 5.67. The summed E-state index contributed by atoms with van der Waals surface area (Å²) in [5, 5.41) is 0. The molecular formula is C28H30N2O3. The molecule has 0 saturated carbocycles. The van der Waals surface area contributed by atoms with Crippen LogP contribution >= 0.6 is 0 Å². The molecule has 0 radical (unpaired) electrons. The van der Waals surface area contributed by atoms with Gasteiger partial charge in [0.05, 0.1) is 13.2 Å². The molecule has 1 aliphatic heterocycles. The molecule has 1 saturated heterocycles. The number of hydrogen-bond acceptors (Lipinski definition) is 4.